The van der Waals surface area contributed by atoms with Crippen molar-refractivity contribution in [2.24, 2.45) is 0 Å². The summed E-state index contributed by atoms with van der Waals surface area (Å²) in [6.45, 7) is 0. The van der Waals surface area contributed by atoms with Crippen molar-refractivity contribution in [3.05, 3.63) is 65.2 Å². The molecule has 0 unspecified atom stereocenters. The first kappa shape index (κ1) is 14.8. The van der Waals surface area contributed by atoms with Crippen LogP contribution in [0.2, 0.25) is 0 Å². The number of phenols is 1. The van der Waals surface area contributed by atoms with Crippen molar-refractivity contribution >= 4 is 17.8 Å². The third kappa shape index (κ3) is 2.55. The predicted octanol–water partition coefficient (Wildman–Crippen LogP) is 0.349. The van der Waals surface area contributed by atoms with Crippen LogP contribution in [0.5, 0.6) is 5.75 Å². The highest BCUT2D eigenvalue weighted by Gasteiger charge is 2.40. The van der Waals surface area contributed by atoms with Gasteiger partial charge in [0, 0.05) is 0 Å². The molecule has 6 heteroatoms. The second kappa shape index (κ2) is 5.57. The minimum absolute atomic E-state index is 0.0412. The van der Waals surface area contributed by atoms with Crippen LogP contribution in [-0.4, -0.2) is 33.8 Å². The molecule has 0 aliphatic carbocycles. The van der Waals surface area contributed by atoms with E-state index >= 15 is 0 Å². The third-order valence-electron chi connectivity index (χ3n) is 3.77. The van der Waals surface area contributed by atoms with Gasteiger partial charge in [0.25, 0.3) is 11.8 Å². The van der Waals surface area contributed by atoms with Crippen LogP contribution in [0, 0.1) is 0 Å². The van der Waals surface area contributed by atoms with Gasteiger partial charge in [0.05, 0.1) is 23.1 Å². The number of phenolic OH excluding ortho intramolecular Hbond substituents is 1. The van der Waals surface area contributed by atoms with E-state index in [9.17, 15) is 24.6 Å². The number of carbonyl (C=O) groups excluding carboxylic acids is 3. The fraction of sp³-hybridized carbons (Fsp3) is 0.118. The summed E-state index contributed by atoms with van der Waals surface area (Å²) in [6, 6.07) is 10.7. The summed E-state index contributed by atoms with van der Waals surface area (Å²) in [6.07, 6.45) is -0.0892. The smallest absolute Gasteiger partial charge is 0.262 e. The Hall–Kier alpha value is -3.15. The lowest BCUT2D eigenvalue weighted by Gasteiger charge is -2.27. The summed E-state index contributed by atoms with van der Waals surface area (Å²) in [7, 11) is 0. The van der Waals surface area contributed by atoms with E-state index in [2.05, 4.69) is 0 Å². The quantitative estimate of drug-likeness (QED) is 0.822. The molecule has 0 bridgehead atoms. The Balaban J connectivity index is 1.94. The highest BCUT2D eigenvalue weighted by atomic mass is 16.4. The topological polar surface area (TPSA) is 97.7 Å². The van der Waals surface area contributed by atoms with Gasteiger partial charge in [0.2, 0.25) is 0 Å². The van der Waals surface area contributed by atoms with E-state index < -0.39 is 23.8 Å². The van der Waals surface area contributed by atoms with Crippen molar-refractivity contribution in [3.8, 4) is 5.75 Å². The number of rotatable bonds is 4. The first-order valence-corrected chi connectivity index (χ1v) is 6.94. The van der Waals surface area contributed by atoms with Gasteiger partial charge in [-0.2, -0.15) is 0 Å². The van der Waals surface area contributed by atoms with Crippen LogP contribution in [0.25, 0.3) is 0 Å². The molecule has 23 heavy (non-hydrogen) atoms. The summed E-state index contributed by atoms with van der Waals surface area (Å²) in [5, 5.41) is 20.8. The standard InChI is InChI=1S/C17H13NO5/c19-11-7-5-10(6-8-11)9-14(17(22)23)18-15(20)12-3-1-2-4-13(12)16(18)21/h1-8,14,19H,9H2,(H,22,23)/p-1/t14-/m0/s1. The molecule has 2 aromatic carbocycles. The molecule has 1 aliphatic heterocycles. The molecule has 1 aliphatic rings. The van der Waals surface area contributed by atoms with Crippen molar-refractivity contribution in [1.82, 2.24) is 4.90 Å². The zero-order valence-corrected chi connectivity index (χ0v) is 11.9. The number of aromatic hydroxyl groups is 1. The molecular weight excluding hydrogens is 298 g/mol. The number of benzene rings is 2. The average molecular weight is 310 g/mol. The fourth-order valence-corrected chi connectivity index (χ4v) is 2.63. The Labute approximate surface area is 131 Å². The molecular formula is C17H12NO5-. The summed E-state index contributed by atoms with van der Waals surface area (Å²) in [5.41, 5.74) is 0.942. The largest absolute Gasteiger partial charge is 0.548 e. The van der Waals surface area contributed by atoms with Crippen molar-refractivity contribution in [2.75, 3.05) is 0 Å². The van der Waals surface area contributed by atoms with E-state index in [1.807, 2.05) is 0 Å². The van der Waals surface area contributed by atoms with Crippen molar-refractivity contribution < 1.29 is 24.6 Å². The molecule has 2 amide bonds. The number of aliphatic carboxylic acids is 1. The zero-order valence-electron chi connectivity index (χ0n) is 11.9. The molecule has 0 spiro atoms. The number of hydrogen-bond donors (Lipinski definition) is 1. The van der Waals surface area contributed by atoms with E-state index in [4.69, 9.17) is 0 Å². The van der Waals surface area contributed by atoms with Crippen LogP contribution in [0.3, 0.4) is 0 Å². The lowest BCUT2D eigenvalue weighted by atomic mass is 10.0. The summed E-state index contributed by atoms with van der Waals surface area (Å²) in [4.78, 5) is 37.0. The Morgan fingerprint density at radius 2 is 1.52 bits per heavy atom. The fourth-order valence-electron chi connectivity index (χ4n) is 2.63. The lowest BCUT2D eigenvalue weighted by Crippen LogP contribution is -2.51. The number of carbonyl (C=O) groups is 3. The second-order valence-electron chi connectivity index (χ2n) is 5.23. The molecule has 6 nitrogen and oxygen atoms in total. The maximum absolute atomic E-state index is 12.4. The molecule has 0 aromatic heterocycles. The molecule has 2 aromatic rings. The van der Waals surface area contributed by atoms with Gasteiger partial charge in [0.1, 0.15) is 5.75 Å². The first-order chi connectivity index (χ1) is 11.0. The lowest BCUT2D eigenvalue weighted by molar-refractivity contribution is -0.310. The Bertz CT molecular complexity index is 762. The SMILES string of the molecule is O=C([O-])[C@H](Cc1ccc(O)cc1)N1C(=O)c2ccccc2C1=O. The van der Waals surface area contributed by atoms with Gasteiger partial charge < -0.3 is 15.0 Å². The molecule has 0 saturated carbocycles. The highest BCUT2D eigenvalue weighted by Crippen LogP contribution is 2.26. The van der Waals surface area contributed by atoms with E-state index in [-0.39, 0.29) is 23.3 Å². The van der Waals surface area contributed by atoms with Gasteiger partial charge in [-0.05, 0) is 36.2 Å². The van der Waals surface area contributed by atoms with Crippen LogP contribution < -0.4 is 5.11 Å². The highest BCUT2D eigenvalue weighted by molar-refractivity contribution is 6.22. The van der Waals surface area contributed by atoms with Gasteiger partial charge in [-0.25, -0.2) is 0 Å². The van der Waals surface area contributed by atoms with Crippen LogP contribution in [0.1, 0.15) is 26.3 Å². The zero-order chi connectivity index (χ0) is 16.6. The van der Waals surface area contributed by atoms with Crippen molar-refractivity contribution in [3.63, 3.8) is 0 Å². The number of hydrogen-bond acceptors (Lipinski definition) is 5. The summed E-state index contributed by atoms with van der Waals surface area (Å²) in [5.74, 6) is -2.75. The van der Waals surface area contributed by atoms with Crippen LogP contribution in [0.15, 0.2) is 48.5 Å². The molecule has 0 fully saturated rings. The maximum atomic E-state index is 12.4. The Morgan fingerprint density at radius 1 is 1.00 bits per heavy atom. The van der Waals surface area contributed by atoms with E-state index in [1.165, 1.54) is 36.4 Å². The number of carboxylic acids is 1. The summed E-state index contributed by atoms with van der Waals surface area (Å²) >= 11 is 0. The van der Waals surface area contributed by atoms with Gasteiger partial charge >= 0.3 is 0 Å². The van der Waals surface area contributed by atoms with Crippen LogP contribution >= 0.6 is 0 Å². The maximum Gasteiger partial charge on any atom is 0.262 e. The Morgan fingerprint density at radius 3 is 2.00 bits per heavy atom. The number of amides is 2. The molecule has 116 valence electrons. The van der Waals surface area contributed by atoms with E-state index in [0.29, 0.717) is 5.56 Å². The summed E-state index contributed by atoms with van der Waals surface area (Å²) < 4.78 is 0. The van der Waals surface area contributed by atoms with Gasteiger partial charge in [-0.1, -0.05) is 24.3 Å². The molecule has 3 rings (SSSR count). The third-order valence-corrected chi connectivity index (χ3v) is 3.77. The molecule has 0 saturated heterocycles. The van der Waals surface area contributed by atoms with Crippen LogP contribution in [0.4, 0.5) is 0 Å². The molecule has 1 heterocycles. The number of nitrogens with zero attached hydrogens (tertiary/aromatic N) is 1. The molecule has 0 radical (unpaired) electrons. The minimum Gasteiger partial charge on any atom is -0.548 e. The average Bonchev–Trinajstić information content (AvgIpc) is 2.79. The van der Waals surface area contributed by atoms with Gasteiger partial charge in [-0.15, -0.1) is 0 Å². The normalized spacial score (nSPS) is 14.7. The first-order valence-electron chi connectivity index (χ1n) is 6.94. The number of carboxylic acid groups (broad SMARTS) is 1. The van der Waals surface area contributed by atoms with E-state index in [1.54, 1.807) is 12.1 Å². The van der Waals surface area contributed by atoms with Gasteiger partial charge in [0.15, 0.2) is 0 Å². The van der Waals surface area contributed by atoms with Crippen LogP contribution in [-0.2, 0) is 11.2 Å². The molecule has 1 N–H and O–H groups in total. The molecule has 1 atom stereocenters. The Kier molecular flexibility index (Phi) is 3.57. The second-order valence-corrected chi connectivity index (χ2v) is 5.23. The minimum atomic E-state index is -1.51. The number of imide groups is 1. The monoisotopic (exact) mass is 310 g/mol. The van der Waals surface area contributed by atoms with Crippen molar-refractivity contribution in [2.45, 2.75) is 12.5 Å². The van der Waals surface area contributed by atoms with E-state index in [0.717, 1.165) is 4.90 Å². The van der Waals surface area contributed by atoms with Crippen molar-refractivity contribution in [1.29, 1.82) is 0 Å². The predicted molar refractivity (Wildman–Crippen MR) is 77.5 cm³/mol. The number of fused-ring (bicyclic) bond motifs is 1. The van der Waals surface area contributed by atoms with Gasteiger partial charge in [-0.3, -0.25) is 14.5 Å².